The number of nitrogens with zero attached hydrogens (tertiary/aromatic N) is 4. The van der Waals surface area contributed by atoms with Gasteiger partial charge < -0.3 is 25.0 Å². The minimum Gasteiger partial charge on any atom is -0.481 e. The van der Waals surface area contributed by atoms with Gasteiger partial charge in [-0.05, 0) is 0 Å². The van der Waals surface area contributed by atoms with E-state index in [1.807, 2.05) is 4.90 Å². The van der Waals surface area contributed by atoms with E-state index in [0.29, 0.717) is 58.4 Å². The van der Waals surface area contributed by atoms with Crippen molar-refractivity contribution in [1.82, 2.24) is 15.3 Å². The number of nitrogens with one attached hydrogen (secondary N) is 1. The van der Waals surface area contributed by atoms with Gasteiger partial charge in [-0.15, -0.1) is 0 Å². The highest BCUT2D eigenvalue weighted by atomic mass is 19.1. The smallest absolute Gasteiger partial charge is 0.309 e. The standard InChI is InChI=1S/C14H20FN5O3/c15-11-8-17-14(18-12(11)19-3-5-23-6-4-19)20-2-1-16-7-10(9-20)13(21)22/h8,10,16H,1-7,9H2,(H,21,22)/t10-/m1/s1. The molecule has 2 N–H and O–H groups in total. The molecule has 23 heavy (non-hydrogen) atoms. The van der Waals surface area contributed by atoms with Crippen LogP contribution in [0.25, 0.3) is 0 Å². The summed E-state index contributed by atoms with van der Waals surface area (Å²) in [5.41, 5.74) is 0. The summed E-state index contributed by atoms with van der Waals surface area (Å²) < 4.78 is 19.3. The van der Waals surface area contributed by atoms with Crippen LogP contribution in [0.1, 0.15) is 0 Å². The van der Waals surface area contributed by atoms with Crippen molar-refractivity contribution >= 4 is 17.7 Å². The Morgan fingerprint density at radius 2 is 2.13 bits per heavy atom. The van der Waals surface area contributed by atoms with E-state index in [1.54, 1.807) is 4.90 Å². The van der Waals surface area contributed by atoms with Crippen LogP contribution >= 0.6 is 0 Å². The lowest BCUT2D eigenvalue weighted by atomic mass is 10.1. The van der Waals surface area contributed by atoms with Gasteiger partial charge in [-0.1, -0.05) is 0 Å². The van der Waals surface area contributed by atoms with Crippen LogP contribution in [-0.4, -0.2) is 73.5 Å². The number of carbonyl (C=O) groups is 1. The van der Waals surface area contributed by atoms with Crippen LogP contribution in [0.5, 0.6) is 0 Å². The summed E-state index contributed by atoms with van der Waals surface area (Å²) in [6.07, 6.45) is 1.15. The third-order valence-electron chi connectivity index (χ3n) is 4.05. The summed E-state index contributed by atoms with van der Waals surface area (Å²) in [4.78, 5) is 23.3. The van der Waals surface area contributed by atoms with Crippen molar-refractivity contribution in [2.24, 2.45) is 5.92 Å². The molecule has 9 heteroatoms. The van der Waals surface area contributed by atoms with Crippen LogP contribution in [0.3, 0.4) is 0 Å². The van der Waals surface area contributed by atoms with Crippen molar-refractivity contribution in [3.05, 3.63) is 12.0 Å². The third kappa shape index (κ3) is 3.67. The molecule has 2 fully saturated rings. The number of halogens is 1. The zero-order chi connectivity index (χ0) is 16.2. The highest BCUT2D eigenvalue weighted by molar-refractivity contribution is 5.71. The number of ether oxygens (including phenoxy) is 1. The summed E-state index contributed by atoms with van der Waals surface area (Å²) in [6, 6.07) is 0. The Morgan fingerprint density at radius 1 is 1.35 bits per heavy atom. The second-order valence-electron chi connectivity index (χ2n) is 5.63. The van der Waals surface area contributed by atoms with Crippen molar-refractivity contribution in [3.63, 3.8) is 0 Å². The first-order valence-corrected chi connectivity index (χ1v) is 7.69. The van der Waals surface area contributed by atoms with E-state index < -0.39 is 17.7 Å². The van der Waals surface area contributed by atoms with E-state index in [4.69, 9.17) is 4.74 Å². The molecule has 0 spiro atoms. The number of aromatic nitrogens is 2. The molecule has 3 heterocycles. The fraction of sp³-hybridized carbons (Fsp3) is 0.643. The Bertz CT molecular complexity index is 567. The molecule has 0 radical (unpaired) electrons. The Kier molecular flexibility index (Phi) is 4.87. The predicted molar refractivity (Wildman–Crippen MR) is 81.2 cm³/mol. The second kappa shape index (κ2) is 7.05. The van der Waals surface area contributed by atoms with E-state index in [9.17, 15) is 14.3 Å². The Hall–Kier alpha value is -2.00. The van der Waals surface area contributed by atoms with E-state index >= 15 is 0 Å². The number of anilines is 2. The molecular formula is C14H20FN5O3. The van der Waals surface area contributed by atoms with Gasteiger partial charge in [0.25, 0.3) is 0 Å². The van der Waals surface area contributed by atoms with E-state index in [1.165, 1.54) is 0 Å². The molecule has 0 aromatic carbocycles. The molecule has 8 nitrogen and oxygen atoms in total. The van der Waals surface area contributed by atoms with Gasteiger partial charge in [0.05, 0.1) is 25.3 Å². The Balaban J connectivity index is 1.82. The van der Waals surface area contributed by atoms with Gasteiger partial charge in [-0.3, -0.25) is 4.79 Å². The SMILES string of the molecule is O=C(O)[C@@H]1CNCCN(c2ncc(F)c(N3CCOCC3)n2)C1. The molecule has 126 valence electrons. The third-order valence-corrected chi connectivity index (χ3v) is 4.05. The number of carboxylic acids is 1. The first kappa shape index (κ1) is 15.9. The highest BCUT2D eigenvalue weighted by Crippen LogP contribution is 2.21. The van der Waals surface area contributed by atoms with Gasteiger partial charge in [0.1, 0.15) is 0 Å². The highest BCUT2D eigenvalue weighted by Gasteiger charge is 2.26. The van der Waals surface area contributed by atoms with Crippen molar-refractivity contribution in [2.45, 2.75) is 0 Å². The molecule has 1 aromatic heterocycles. The van der Waals surface area contributed by atoms with Crippen LogP contribution in [0.2, 0.25) is 0 Å². The van der Waals surface area contributed by atoms with E-state index in [0.717, 1.165) is 6.20 Å². The molecule has 0 aliphatic carbocycles. The number of aliphatic carboxylic acids is 1. The molecule has 1 aromatic rings. The predicted octanol–water partition coefficient (Wildman–Crippen LogP) is -0.437. The molecule has 2 aliphatic rings. The van der Waals surface area contributed by atoms with Crippen LogP contribution < -0.4 is 15.1 Å². The Labute approximate surface area is 133 Å². The maximum atomic E-state index is 14.1. The van der Waals surface area contributed by atoms with Gasteiger partial charge in [0.2, 0.25) is 5.95 Å². The van der Waals surface area contributed by atoms with Crippen LogP contribution in [-0.2, 0) is 9.53 Å². The van der Waals surface area contributed by atoms with Gasteiger partial charge in [0.15, 0.2) is 11.6 Å². The summed E-state index contributed by atoms with van der Waals surface area (Å²) in [6.45, 7) is 4.15. The monoisotopic (exact) mass is 325 g/mol. The van der Waals surface area contributed by atoms with Crippen molar-refractivity contribution in [2.75, 3.05) is 62.3 Å². The number of hydrogen-bond donors (Lipinski definition) is 2. The van der Waals surface area contributed by atoms with E-state index in [2.05, 4.69) is 15.3 Å². The first-order valence-electron chi connectivity index (χ1n) is 7.69. The van der Waals surface area contributed by atoms with Gasteiger partial charge in [-0.25, -0.2) is 9.37 Å². The lowest BCUT2D eigenvalue weighted by Gasteiger charge is -2.29. The average Bonchev–Trinajstić information content (AvgIpc) is 2.82. The van der Waals surface area contributed by atoms with Crippen LogP contribution in [0.4, 0.5) is 16.2 Å². The maximum absolute atomic E-state index is 14.1. The quantitative estimate of drug-likeness (QED) is 0.773. The number of hydrogen-bond acceptors (Lipinski definition) is 7. The molecule has 2 saturated heterocycles. The minimum absolute atomic E-state index is 0.252. The molecule has 0 saturated carbocycles. The Morgan fingerprint density at radius 3 is 2.87 bits per heavy atom. The maximum Gasteiger partial charge on any atom is 0.309 e. The minimum atomic E-state index is -0.861. The molecular weight excluding hydrogens is 305 g/mol. The second-order valence-corrected chi connectivity index (χ2v) is 5.63. The summed E-state index contributed by atoms with van der Waals surface area (Å²) in [5, 5.41) is 12.3. The van der Waals surface area contributed by atoms with Gasteiger partial charge >= 0.3 is 5.97 Å². The molecule has 1 atom stereocenters. The van der Waals surface area contributed by atoms with Crippen molar-refractivity contribution in [3.8, 4) is 0 Å². The fourth-order valence-corrected chi connectivity index (χ4v) is 2.76. The van der Waals surface area contributed by atoms with Gasteiger partial charge in [0, 0.05) is 39.3 Å². The lowest BCUT2D eigenvalue weighted by molar-refractivity contribution is -0.141. The van der Waals surface area contributed by atoms with Crippen molar-refractivity contribution < 1.29 is 19.0 Å². The first-order chi connectivity index (χ1) is 11.1. The lowest BCUT2D eigenvalue weighted by Crippen LogP contribution is -2.38. The number of carboxylic acid groups (broad SMARTS) is 1. The van der Waals surface area contributed by atoms with E-state index in [-0.39, 0.29) is 5.82 Å². The van der Waals surface area contributed by atoms with Crippen LogP contribution in [0, 0.1) is 11.7 Å². The number of rotatable bonds is 3. The topological polar surface area (TPSA) is 90.8 Å². The molecule has 3 rings (SSSR count). The summed E-state index contributed by atoms with van der Waals surface area (Å²) in [7, 11) is 0. The molecule has 0 bridgehead atoms. The molecule has 2 aliphatic heterocycles. The largest absolute Gasteiger partial charge is 0.481 e. The normalized spacial score (nSPS) is 22.7. The van der Waals surface area contributed by atoms with Crippen molar-refractivity contribution in [1.29, 1.82) is 0 Å². The molecule has 0 amide bonds. The fourth-order valence-electron chi connectivity index (χ4n) is 2.76. The zero-order valence-corrected chi connectivity index (χ0v) is 12.7. The van der Waals surface area contributed by atoms with Crippen LogP contribution in [0.15, 0.2) is 6.20 Å². The summed E-state index contributed by atoms with van der Waals surface area (Å²) >= 11 is 0. The zero-order valence-electron chi connectivity index (χ0n) is 12.7. The molecule has 0 unspecified atom stereocenters. The van der Waals surface area contributed by atoms with Gasteiger partial charge in [-0.2, -0.15) is 4.98 Å². The summed E-state index contributed by atoms with van der Waals surface area (Å²) in [5.74, 6) is -1.26. The number of morpholine rings is 1. The average molecular weight is 325 g/mol.